The molecule has 3 fully saturated rings. The van der Waals surface area contributed by atoms with Gasteiger partial charge in [0, 0.05) is 18.0 Å². The molecule has 9 nitrogen and oxygen atoms in total. The predicted molar refractivity (Wildman–Crippen MR) is 87.7 cm³/mol. The van der Waals surface area contributed by atoms with Crippen LogP contribution in [0.15, 0.2) is 5.11 Å². The summed E-state index contributed by atoms with van der Waals surface area (Å²) in [5, 5.41) is 31.4. The number of epoxide rings is 1. The fourth-order valence-corrected chi connectivity index (χ4v) is 3.03. The lowest BCUT2D eigenvalue weighted by Gasteiger charge is -2.34. The molecule has 128 valence electrons. The van der Waals surface area contributed by atoms with Crippen molar-refractivity contribution in [1.82, 2.24) is 9.62 Å². The molecule has 0 amide bonds. The standard InChI is InChI=1S/C6H13BN4O2.C6H12BNO2/c1-7(13)11-3-2-5(9-10-8)6(12)4-11;1-7(9)8-3-2-5-6(4-8)10-5/h5-6,12-13H,2-4H2,1H3;5-6,9H,2-4H2,1H3/t5-,6-;/m1./s1. The van der Waals surface area contributed by atoms with Gasteiger partial charge in [-0.1, -0.05) is 5.11 Å². The molecule has 3 aliphatic rings. The summed E-state index contributed by atoms with van der Waals surface area (Å²) in [7, 11) is -0.855. The second-order valence-electron chi connectivity index (χ2n) is 6.38. The Morgan fingerprint density at radius 2 is 1.70 bits per heavy atom. The summed E-state index contributed by atoms with van der Waals surface area (Å²) >= 11 is 0. The molecular formula is C12H25B2N5O4. The van der Waals surface area contributed by atoms with Crippen LogP contribution < -0.4 is 0 Å². The number of hydrogen-bond donors (Lipinski definition) is 3. The second kappa shape index (κ2) is 8.34. The average Bonchev–Trinajstić information content (AvgIpc) is 3.28. The maximum absolute atomic E-state index is 9.50. The lowest BCUT2D eigenvalue weighted by molar-refractivity contribution is 0.0810. The molecule has 3 aliphatic heterocycles. The lowest BCUT2D eigenvalue weighted by Crippen LogP contribution is -2.51. The molecule has 0 aliphatic carbocycles. The molecule has 0 aromatic heterocycles. The van der Waals surface area contributed by atoms with E-state index in [0.29, 0.717) is 31.7 Å². The Balaban J connectivity index is 0.000000172. The van der Waals surface area contributed by atoms with Crippen LogP contribution in [0.1, 0.15) is 12.8 Å². The van der Waals surface area contributed by atoms with Crippen molar-refractivity contribution in [1.29, 1.82) is 0 Å². The van der Waals surface area contributed by atoms with Crippen molar-refractivity contribution in [2.45, 2.75) is 50.8 Å². The number of rotatable bonds is 3. The predicted octanol–water partition coefficient (Wildman–Crippen LogP) is -0.588. The molecule has 0 radical (unpaired) electrons. The Hall–Kier alpha value is -0.800. The number of β-amino-alcohol motifs (C(OH)–C–C–N with tert-alkyl or cyclic N) is 1. The van der Waals surface area contributed by atoms with Crippen molar-refractivity contribution < 1.29 is 19.9 Å². The van der Waals surface area contributed by atoms with Crippen LogP contribution >= 0.6 is 0 Å². The van der Waals surface area contributed by atoms with Crippen LogP contribution in [0.4, 0.5) is 0 Å². The van der Waals surface area contributed by atoms with Crippen molar-refractivity contribution in [2.24, 2.45) is 5.11 Å². The SMILES string of the molecule is CB(O)N1CCC2OC2C1.CB(O)N1CC[C@@H](N=[N+]=[N-])[C@H](O)C1. The highest BCUT2D eigenvalue weighted by Crippen LogP contribution is 2.30. The summed E-state index contributed by atoms with van der Waals surface area (Å²) in [6.45, 7) is 6.38. The fourth-order valence-electron chi connectivity index (χ4n) is 3.03. The Kier molecular flexibility index (Phi) is 6.72. The van der Waals surface area contributed by atoms with Gasteiger partial charge in [0.05, 0.1) is 24.4 Å². The first-order valence-electron chi connectivity index (χ1n) is 8.14. The molecule has 0 bridgehead atoms. The summed E-state index contributed by atoms with van der Waals surface area (Å²) in [5.41, 5.74) is 8.20. The zero-order valence-electron chi connectivity index (χ0n) is 13.7. The van der Waals surface area contributed by atoms with Gasteiger partial charge in [0.15, 0.2) is 0 Å². The first-order valence-corrected chi connectivity index (χ1v) is 8.14. The zero-order valence-corrected chi connectivity index (χ0v) is 13.7. The first-order chi connectivity index (χ1) is 10.9. The molecule has 0 aromatic rings. The van der Waals surface area contributed by atoms with Gasteiger partial charge in [-0.15, -0.1) is 0 Å². The molecule has 23 heavy (non-hydrogen) atoms. The quantitative estimate of drug-likeness (QED) is 0.209. The van der Waals surface area contributed by atoms with Gasteiger partial charge in [0.2, 0.25) is 0 Å². The van der Waals surface area contributed by atoms with Crippen molar-refractivity contribution in [3.05, 3.63) is 10.4 Å². The summed E-state index contributed by atoms with van der Waals surface area (Å²) < 4.78 is 5.31. The number of aliphatic hydroxyl groups excluding tert-OH is 1. The van der Waals surface area contributed by atoms with E-state index < -0.39 is 13.2 Å². The largest absolute Gasteiger partial charge is 0.437 e. The molecule has 4 atom stereocenters. The van der Waals surface area contributed by atoms with E-state index in [0.717, 1.165) is 19.5 Å². The van der Waals surface area contributed by atoms with Crippen LogP contribution in [0, 0.1) is 0 Å². The third kappa shape index (κ3) is 5.36. The van der Waals surface area contributed by atoms with E-state index >= 15 is 0 Å². The van der Waals surface area contributed by atoms with Crippen LogP contribution in [0.3, 0.4) is 0 Å². The Morgan fingerprint density at radius 1 is 1.09 bits per heavy atom. The first kappa shape index (κ1) is 18.5. The number of hydrogen-bond acceptors (Lipinski definition) is 7. The highest BCUT2D eigenvalue weighted by atomic mass is 16.6. The highest BCUT2D eigenvalue weighted by molar-refractivity contribution is 6.45. The smallest absolute Gasteiger partial charge is 0.376 e. The van der Waals surface area contributed by atoms with Crippen LogP contribution in [0.25, 0.3) is 10.4 Å². The average molecular weight is 325 g/mol. The Labute approximate surface area is 137 Å². The summed E-state index contributed by atoms with van der Waals surface area (Å²) in [6.07, 6.45) is 1.98. The number of aliphatic hydroxyl groups is 1. The normalized spacial score (nSPS) is 33.6. The van der Waals surface area contributed by atoms with E-state index in [4.69, 9.17) is 10.3 Å². The number of fused-ring (bicyclic) bond motifs is 1. The van der Waals surface area contributed by atoms with E-state index in [-0.39, 0.29) is 13.1 Å². The number of nitrogens with zero attached hydrogens (tertiary/aromatic N) is 5. The topological polar surface area (TPSA) is 128 Å². The number of ether oxygens (including phenoxy) is 1. The van der Waals surface area contributed by atoms with Crippen molar-refractivity contribution in [2.75, 3.05) is 26.2 Å². The van der Waals surface area contributed by atoms with E-state index in [1.807, 2.05) is 11.6 Å². The van der Waals surface area contributed by atoms with Crippen LogP contribution in [-0.4, -0.2) is 89.4 Å². The molecule has 0 saturated carbocycles. The Bertz CT molecular complexity index is 438. The summed E-state index contributed by atoms with van der Waals surface area (Å²) in [5.74, 6) is 0. The van der Waals surface area contributed by atoms with Crippen molar-refractivity contribution in [3.63, 3.8) is 0 Å². The van der Waals surface area contributed by atoms with Gasteiger partial charge < -0.3 is 29.5 Å². The second-order valence-corrected chi connectivity index (χ2v) is 6.38. The summed E-state index contributed by atoms with van der Waals surface area (Å²) in [6, 6.07) is -0.347. The fraction of sp³-hybridized carbons (Fsp3) is 1.00. The van der Waals surface area contributed by atoms with Crippen molar-refractivity contribution in [3.8, 4) is 0 Å². The summed E-state index contributed by atoms with van der Waals surface area (Å²) in [4.78, 5) is 6.46. The third-order valence-corrected chi connectivity index (χ3v) is 4.64. The van der Waals surface area contributed by atoms with Crippen LogP contribution in [0.2, 0.25) is 13.6 Å². The lowest BCUT2D eigenvalue weighted by atomic mass is 9.82. The molecule has 3 rings (SSSR count). The molecule has 3 saturated heterocycles. The van der Waals surface area contributed by atoms with E-state index in [1.165, 1.54) is 0 Å². The molecule has 3 N–H and O–H groups in total. The Morgan fingerprint density at radius 3 is 2.22 bits per heavy atom. The minimum absolute atomic E-state index is 0.301. The van der Waals surface area contributed by atoms with Gasteiger partial charge in [-0.25, -0.2) is 0 Å². The molecule has 3 heterocycles. The maximum Gasteiger partial charge on any atom is 0.376 e. The van der Waals surface area contributed by atoms with Crippen LogP contribution in [0.5, 0.6) is 0 Å². The molecule has 0 spiro atoms. The van der Waals surface area contributed by atoms with Crippen molar-refractivity contribution >= 4 is 14.1 Å². The van der Waals surface area contributed by atoms with E-state index in [9.17, 15) is 15.2 Å². The minimum Gasteiger partial charge on any atom is -0.437 e. The monoisotopic (exact) mass is 325 g/mol. The minimum atomic E-state index is -0.667. The molecular weight excluding hydrogens is 300 g/mol. The number of azide groups is 1. The van der Waals surface area contributed by atoms with Gasteiger partial charge in [-0.3, -0.25) is 0 Å². The van der Waals surface area contributed by atoms with E-state index in [1.54, 1.807) is 11.6 Å². The molecule has 11 heteroatoms. The maximum atomic E-state index is 9.50. The van der Waals surface area contributed by atoms with Gasteiger partial charge in [-0.05, 0) is 45.1 Å². The van der Waals surface area contributed by atoms with Gasteiger partial charge in [-0.2, -0.15) is 0 Å². The van der Waals surface area contributed by atoms with Crippen LogP contribution in [-0.2, 0) is 4.74 Å². The highest BCUT2D eigenvalue weighted by Gasteiger charge is 2.44. The molecule has 2 unspecified atom stereocenters. The van der Waals surface area contributed by atoms with E-state index in [2.05, 4.69) is 10.0 Å². The van der Waals surface area contributed by atoms with Gasteiger partial charge >= 0.3 is 14.1 Å². The third-order valence-electron chi connectivity index (χ3n) is 4.64. The number of piperidine rings is 2. The zero-order chi connectivity index (χ0) is 17.0. The van der Waals surface area contributed by atoms with Gasteiger partial charge in [0.25, 0.3) is 0 Å². The van der Waals surface area contributed by atoms with Gasteiger partial charge in [0.1, 0.15) is 0 Å². The molecule has 0 aromatic carbocycles.